The molecule has 0 aromatic carbocycles. The number of hydrogen-bond donors (Lipinski definition) is 2. The largest absolute Gasteiger partial charge is 0.505 e. The monoisotopic (exact) mass is 262 g/mol. The van der Waals surface area contributed by atoms with Crippen molar-refractivity contribution in [1.82, 2.24) is 0 Å². The molecule has 0 aliphatic rings. The van der Waals surface area contributed by atoms with Crippen molar-refractivity contribution in [2.75, 3.05) is 19.8 Å². The first-order valence-electron chi connectivity index (χ1n) is 4.81. The maximum atomic E-state index is 11.6. The summed E-state index contributed by atoms with van der Waals surface area (Å²) in [5, 5.41) is 16.7. The van der Waals surface area contributed by atoms with Gasteiger partial charge >= 0.3 is 18.3 Å². The molecule has 0 aromatic rings. The summed E-state index contributed by atoms with van der Waals surface area (Å²) in [6, 6.07) is 0. The van der Waals surface area contributed by atoms with E-state index < -0.39 is 36.9 Å². The first-order valence-corrected chi connectivity index (χ1v) is 4.81. The summed E-state index contributed by atoms with van der Waals surface area (Å²) in [6.45, 7) is 3.36. The maximum absolute atomic E-state index is 11.6. The van der Waals surface area contributed by atoms with E-state index in [1.807, 2.05) is 0 Å². The number of carbonyl (C=O) groups excluding carboxylic acids is 1. The summed E-state index contributed by atoms with van der Waals surface area (Å²) >= 11 is 0. The van der Waals surface area contributed by atoms with Gasteiger partial charge in [0.15, 0.2) is 0 Å². The van der Waals surface area contributed by atoms with Crippen LogP contribution in [0.5, 0.6) is 0 Å². The molecule has 0 atom stereocenters. The van der Waals surface area contributed by atoms with Crippen molar-refractivity contribution in [3.05, 3.63) is 12.7 Å². The highest BCUT2D eigenvalue weighted by Gasteiger charge is 2.38. The molecular weight excluding hydrogens is 248 g/mol. The molecule has 0 spiro atoms. The van der Waals surface area contributed by atoms with Crippen LogP contribution in [0.2, 0.25) is 0 Å². The summed E-state index contributed by atoms with van der Waals surface area (Å²) in [5.41, 5.74) is -1.54. The van der Waals surface area contributed by atoms with Crippen molar-refractivity contribution in [3.8, 4) is 0 Å². The number of rotatable bonds is 7. The van der Waals surface area contributed by atoms with Crippen molar-refractivity contribution in [2.24, 2.45) is 5.41 Å². The third-order valence-corrected chi connectivity index (χ3v) is 1.85. The number of hydrogen-bond acceptors (Lipinski definition) is 6. The van der Waals surface area contributed by atoms with Crippen LogP contribution in [0, 0.1) is 5.41 Å². The van der Waals surface area contributed by atoms with Gasteiger partial charge < -0.3 is 24.4 Å². The van der Waals surface area contributed by atoms with E-state index in [1.165, 1.54) is 13.0 Å². The van der Waals surface area contributed by atoms with Gasteiger partial charge in [0.25, 0.3) is 0 Å². The van der Waals surface area contributed by atoms with Crippen molar-refractivity contribution < 1.29 is 38.8 Å². The van der Waals surface area contributed by atoms with Crippen LogP contribution in [-0.4, -0.2) is 48.3 Å². The van der Waals surface area contributed by atoms with Crippen molar-refractivity contribution in [1.29, 1.82) is 0 Å². The predicted molar refractivity (Wildman–Crippen MR) is 57.2 cm³/mol. The topological polar surface area (TPSA) is 119 Å². The molecule has 0 heterocycles. The van der Waals surface area contributed by atoms with Gasteiger partial charge in [0, 0.05) is 0 Å². The molecule has 0 saturated carbocycles. The molecule has 0 unspecified atom stereocenters. The summed E-state index contributed by atoms with van der Waals surface area (Å²) in [4.78, 5) is 32.2. The van der Waals surface area contributed by atoms with Crippen molar-refractivity contribution in [2.45, 2.75) is 6.92 Å². The Kier molecular flexibility index (Phi) is 6.26. The minimum atomic E-state index is -1.59. The lowest BCUT2D eigenvalue weighted by molar-refractivity contribution is -0.159. The van der Waals surface area contributed by atoms with Crippen LogP contribution in [0.1, 0.15) is 6.92 Å². The molecule has 102 valence electrons. The fraction of sp³-hybridized carbons (Fsp3) is 0.500. The zero-order chi connectivity index (χ0) is 14.2. The van der Waals surface area contributed by atoms with E-state index in [-0.39, 0.29) is 6.61 Å². The average Bonchev–Trinajstić information content (AvgIpc) is 2.30. The van der Waals surface area contributed by atoms with Gasteiger partial charge in [-0.3, -0.25) is 4.79 Å². The van der Waals surface area contributed by atoms with Gasteiger partial charge in [0.2, 0.25) is 0 Å². The molecular formula is C10H14O8. The maximum Gasteiger partial charge on any atom is 0.505 e. The third kappa shape index (κ3) is 5.73. The Balaban J connectivity index is 4.65. The number of carboxylic acid groups (broad SMARTS) is 2. The van der Waals surface area contributed by atoms with Crippen molar-refractivity contribution >= 4 is 18.3 Å². The molecule has 0 aromatic heterocycles. The lowest BCUT2D eigenvalue weighted by Crippen LogP contribution is -2.40. The standard InChI is InChI=1S/C10H14O8/c1-3-4-16-7(11)10(2,5-17-8(12)13)6-18-9(14)15/h3H,1,4-6H2,2H3,(H,12,13)(H,14,15). The Bertz CT molecular complexity index is 317. The summed E-state index contributed by atoms with van der Waals surface area (Å²) in [7, 11) is 0. The van der Waals surface area contributed by atoms with E-state index in [2.05, 4.69) is 16.1 Å². The van der Waals surface area contributed by atoms with Gasteiger partial charge in [-0.2, -0.15) is 0 Å². The SMILES string of the molecule is C=CCOC(=O)C(C)(COC(=O)O)COC(=O)O. The lowest BCUT2D eigenvalue weighted by Gasteiger charge is -2.24. The van der Waals surface area contributed by atoms with Crippen LogP contribution in [0.25, 0.3) is 0 Å². The number of ether oxygens (including phenoxy) is 3. The van der Waals surface area contributed by atoms with Gasteiger partial charge in [-0.1, -0.05) is 12.7 Å². The molecule has 0 radical (unpaired) electrons. The smallest absolute Gasteiger partial charge is 0.461 e. The summed E-state index contributed by atoms with van der Waals surface area (Å²) in [6.07, 6.45) is -1.87. The highest BCUT2D eigenvalue weighted by Crippen LogP contribution is 2.20. The van der Waals surface area contributed by atoms with Crippen LogP contribution in [0.15, 0.2) is 12.7 Å². The molecule has 0 amide bonds. The lowest BCUT2D eigenvalue weighted by atomic mass is 9.93. The van der Waals surface area contributed by atoms with E-state index in [0.717, 1.165) is 0 Å². The molecule has 0 aliphatic heterocycles. The molecule has 8 heteroatoms. The highest BCUT2D eigenvalue weighted by molar-refractivity contribution is 5.77. The second-order valence-electron chi connectivity index (χ2n) is 3.56. The van der Waals surface area contributed by atoms with Crippen LogP contribution < -0.4 is 0 Å². The van der Waals surface area contributed by atoms with Crippen LogP contribution in [-0.2, 0) is 19.0 Å². The minimum Gasteiger partial charge on any atom is -0.461 e. The van der Waals surface area contributed by atoms with Gasteiger partial charge in [-0.25, -0.2) is 9.59 Å². The Morgan fingerprint density at radius 2 is 1.56 bits per heavy atom. The Morgan fingerprint density at radius 3 is 1.89 bits per heavy atom. The first kappa shape index (κ1) is 15.8. The molecule has 2 N–H and O–H groups in total. The third-order valence-electron chi connectivity index (χ3n) is 1.85. The molecule has 18 heavy (non-hydrogen) atoms. The molecule has 0 saturated heterocycles. The zero-order valence-corrected chi connectivity index (χ0v) is 9.75. The quantitative estimate of drug-likeness (QED) is 0.397. The Hall–Kier alpha value is -2.25. The summed E-state index contributed by atoms with van der Waals surface area (Å²) < 4.78 is 13.2. The second kappa shape index (κ2) is 7.15. The van der Waals surface area contributed by atoms with Gasteiger partial charge in [0.1, 0.15) is 25.2 Å². The van der Waals surface area contributed by atoms with E-state index in [1.54, 1.807) is 0 Å². The van der Waals surface area contributed by atoms with E-state index in [4.69, 9.17) is 14.9 Å². The second-order valence-corrected chi connectivity index (χ2v) is 3.56. The fourth-order valence-corrected chi connectivity index (χ4v) is 0.910. The van der Waals surface area contributed by atoms with Gasteiger partial charge in [0.05, 0.1) is 0 Å². The van der Waals surface area contributed by atoms with E-state index in [9.17, 15) is 14.4 Å². The molecule has 8 nitrogen and oxygen atoms in total. The Labute approximate surface area is 103 Å². The normalized spacial score (nSPS) is 10.3. The van der Waals surface area contributed by atoms with Gasteiger partial charge in [-0.15, -0.1) is 0 Å². The Morgan fingerprint density at radius 1 is 1.11 bits per heavy atom. The van der Waals surface area contributed by atoms with Crippen LogP contribution in [0.4, 0.5) is 9.59 Å². The van der Waals surface area contributed by atoms with Crippen LogP contribution in [0.3, 0.4) is 0 Å². The van der Waals surface area contributed by atoms with Crippen molar-refractivity contribution in [3.63, 3.8) is 0 Å². The molecule has 0 aliphatic carbocycles. The highest BCUT2D eigenvalue weighted by atomic mass is 16.7. The number of carbonyl (C=O) groups is 3. The average molecular weight is 262 g/mol. The van der Waals surface area contributed by atoms with E-state index >= 15 is 0 Å². The molecule has 0 bridgehead atoms. The first-order chi connectivity index (χ1) is 8.31. The van der Waals surface area contributed by atoms with E-state index in [0.29, 0.717) is 0 Å². The molecule has 0 rings (SSSR count). The zero-order valence-electron chi connectivity index (χ0n) is 9.75. The predicted octanol–water partition coefficient (Wildman–Crippen LogP) is 1.11. The summed E-state index contributed by atoms with van der Waals surface area (Å²) in [5.74, 6) is -0.843. The van der Waals surface area contributed by atoms with Crippen LogP contribution >= 0.6 is 0 Å². The number of esters is 1. The fourth-order valence-electron chi connectivity index (χ4n) is 0.910. The molecule has 0 fully saturated rings. The van der Waals surface area contributed by atoms with Gasteiger partial charge in [-0.05, 0) is 6.92 Å². The minimum absolute atomic E-state index is 0.0887.